The molecule has 0 radical (unpaired) electrons. The number of nitrogens with one attached hydrogen (secondary N) is 2. The largest absolute Gasteiger partial charge is 0.355 e. The van der Waals surface area contributed by atoms with Crippen molar-refractivity contribution in [2.45, 2.75) is 59.5 Å². The number of hydrogen-bond acceptors (Lipinski definition) is 2. The van der Waals surface area contributed by atoms with E-state index in [0.717, 1.165) is 32.4 Å². The van der Waals surface area contributed by atoms with E-state index in [-0.39, 0.29) is 5.91 Å². The smallest absolute Gasteiger partial charge is 0.239 e. The van der Waals surface area contributed by atoms with E-state index < -0.39 is 0 Å². The van der Waals surface area contributed by atoms with Gasteiger partial charge in [-0.2, -0.15) is 0 Å². The van der Waals surface area contributed by atoms with Crippen molar-refractivity contribution in [1.29, 1.82) is 0 Å². The summed E-state index contributed by atoms with van der Waals surface area (Å²) in [6.45, 7) is 10.9. The summed E-state index contributed by atoms with van der Waals surface area (Å²) in [5, 5.41) is 6.53. The molecule has 0 aliphatic rings. The Kier molecular flexibility index (Phi) is 8.13. The predicted molar refractivity (Wildman–Crippen MR) is 88.2 cm³/mol. The Labute approximate surface area is 129 Å². The van der Waals surface area contributed by atoms with Crippen LogP contribution < -0.4 is 10.6 Å². The molecule has 1 heterocycles. The van der Waals surface area contributed by atoms with Gasteiger partial charge in [0, 0.05) is 25.0 Å². The normalized spacial score (nSPS) is 12.6. The third kappa shape index (κ3) is 6.34. The van der Waals surface area contributed by atoms with Gasteiger partial charge >= 0.3 is 0 Å². The predicted octanol–water partition coefficient (Wildman–Crippen LogP) is 3.10. The van der Waals surface area contributed by atoms with Crippen LogP contribution in [0.25, 0.3) is 0 Å². The topological polar surface area (TPSA) is 46.1 Å². The minimum atomic E-state index is 0.0909. The third-order valence-electron chi connectivity index (χ3n) is 3.59. The van der Waals surface area contributed by atoms with Gasteiger partial charge in [0.15, 0.2) is 0 Å². The highest BCUT2D eigenvalue weighted by molar-refractivity contribution is 5.75. The number of carbonyl (C=O) groups excluding carboxylic acids is 1. The SMILES string of the molecule is CCCCNC(=O)Cn1ccc(C(NCCC)C(C)C)c1. The second-order valence-corrected chi connectivity index (χ2v) is 6.00. The molecule has 120 valence electrons. The van der Waals surface area contributed by atoms with Gasteiger partial charge in [0.05, 0.1) is 0 Å². The van der Waals surface area contributed by atoms with Crippen LogP contribution in [-0.4, -0.2) is 23.6 Å². The highest BCUT2D eigenvalue weighted by Crippen LogP contribution is 2.21. The van der Waals surface area contributed by atoms with E-state index in [4.69, 9.17) is 0 Å². The molecule has 0 fully saturated rings. The maximum absolute atomic E-state index is 11.8. The van der Waals surface area contributed by atoms with Crippen LogP contribution in [0.2, 0.25) is 0 Å². The van der Waals surface area contributed by atoms with Gasteiger partial charge in [-0.3, -0.25) is 4.79 Å². The molecule has 4 nitrogen and oxygen atoms in total. The summed E-state index contributed by atoms with van der Waals surface area (Å²) in [5.74, 6) is 0.624. The molecule has 1 rings (SSSR count). The van der Waals surface area contributed by atoms with Crippen LogP contribution in [0.4, 0.5) is 0 Å². The van der Waals surface area contributed by atoms with Crippen LogP contribution in [-0.2, 0) is 11.3 Å². The summed E-state index contributed by atoms with van der Waals surface area (Å²) in [6.07, 6.45) is 7.36. The summed E-state index contributed by atoms with van der Waals surface area (Å²) in [6, 6.07) is 2.47. The van der Waals surface area contributed by atoms with Crippen molar-refractivity contribution in [3.8, 4) is 0 Å². The Morgan fingerprint density at radius 3 is 2.62 bits per heavy atom. The fraction of sp³-hybridized carbons (Fsp3) is 0.706. The van der Waals surface area contributed by atoms with Gasteiger partial charge in [-0.15, -0.1) is 0 Å². The Bertz CT molecular complexity index is 412. The fourth-order valence-corrected chi connectivity index (χ4v) is 2.41. The standard InChI is InChI=1S/C17H31N3O/c1-5-7-10-18-16(21)13-20-11-8-15(12-20)17(14(3)4)19-9-6-2/h8,11-12,14,17,19H,5-7,9-10,13H2,1-4H3,(H,18,21). The lowest BCUT2D eigenvalue weighted by Crippen LogP contribution is -2.28. The molecule has 1 aromatic rings. The van der Waals surface area contributed by atoms with Crippen LogP contribution >= 0.6 is 0 Å². The lowest BCUT2D eigenvalue weighted by molar-refractivity contribution is -0.121. The monoisotopic (exact) mass is 293 g/mol. The second-order valence-electron chi connectivity index (χ2n) is 6.00. The van der Waals surface area contributed by atoms with Crippen LogP contribution in [0.3, 0.4) is 0 Å². The van der Waals surface area contributed by atoms with Gasteiger partial charge in [-0.1, -0.05) is 34.1 Å². The van der Waals surface area contributed by atoms with Gasteiger partial charge < -0.3 is 15.2 Å². The first-order valence-electron chi connectivity index (χ1n) is 8.24. The zero-order chi connectivity index (χ0) is 15.7. The van der Waals surface area contributed by atoms with E-state index in [2.05, 4.69) is 50.6 Å². The average Bonchev–Trinajstić information content (AvgIpc) is 2.87. The Balaban J connectivity index is 2.56. The number of hydrogen-bond donors (Lipinski definition) is 2. The van der Waals surface area contributed by atoms with Crippen molar-refractivity contribution in [1.82, 2.24) is 15.2 Å². The second kappa shape index (κ2) is 9.61. The number of nitrogens with zero attached hydrogens (tertiary/aromatic N) is 1. The molecule has 0 saturated carbocycles. The lowest BCUT2D eigenvalue weighted by atomic mass is 9.98. The van der Waals surface area contributed by atoms with Gasteiger partial charge in [0.1, 0.15) is 6.54 Å². The van der Waals surface area contributed by atoms with Crippen LogP contribution in [0.5, 0.6) is 0 Å². The number of unbranched alkanes of at least 4 members (excludes halogenated alkanes) is 1. The zero-order valence-electron chi connectivity index (χ0n) is 14.0. The maximum atomic E-state index is 11.8. The van der Waals surface area contributed by atoms with Crippen molar-refractivity contribution in [2.24, 2.45) is 5.92 Å². The maximum Gasteiger partial charge on any atom is 0.239 e. The Hall–Kier alpha value is -1.29. The fourth-order valence-electron chi connectivity index (χ4n) is 2.41. The van der Waals surface area contributed by atoms with Gasteiger partial charge in [-0.05, 0) is 36.9 Å². The van der Waals surface area contributed by atoms with Gasteiger partial charge in [-0.25, -0.2) is 0 Å². The minimum absolute atomic E-state index is 0.0909. The van der Waals surface area contributed by atoms with E-state index in [9.17, 15) is 4.79 Å². The number of rotatable bonds is 10. The average molecular weight is 293 g/mol. The summed E-state index contributed by atoms with van der Waals surface area (Å²) in [7, 11) is 0. The molecule has 0 saturated heterocycles. The van der Waals surface area contributed by atoms with Crippen LogP contribution in [0.1, 0.15) is 58.6 Å². The molecule has 0 spiro atoms. The highest BCUT2D eigenvalue weighted by atomic mass is 16.1. The molecular weight excluding hydrogens is 262 g/mol. The summed E-state index contributed by atoms with van der Waals surface area (Å²) >= 11 is 0. The summed E-state index contributed by atoms with van der Waals surface area (Å²) < 4.78 is 1.97. The molecule has 21 heavy (non-hydrogen) atoms. The first kappa shape index (κ1) is 17.8. The van der Waals surface area contributed by atoms with Crippen molar-refractivity contribution in [2.75, 3.05) is 13.1 Å². The molecule has 1 unspecified atom stereocenters. The van der Waals surface area contributed by atoms with E-state index >= 15 is 0 Å². The quantitative estimate of drug-likeness (QED) is 0.651. The van der Waals surface area contributed by atoms with Crippen molar-refractivity contribution < 1.29 is 4.79 Å². The first-order chi connectivity index (χ1) is 10.1. The van der Waals surface area contributed by atoms with E-state index in [0.29, 0.717) is 18.5 Å². The Morgan fingerprint density at radius 2 is 2.00 bits per heavy atom. The molecule has 1 aromatic heterocycles. The van der Waals surface area contributed by atoms with E-state index in [1.54, 1.807) is 0 Å². The summed E-state index contributed by atoms with van der Waals surface area (Å²) in [4.78, 5) is 11.8. The molecule has 2 N–H and O–H groups in total. The van der Waals surface area contributed by atoms with E-state index in [1.165, 1.54) is 5.56 Å². The molecule has 0 aliphatic heterocycles. The first-order valence-corrected chi connectivity index (χ1v) is 8.24. The number of aromatic nitrogens is 1. The highest BCUT2D eigenvalue weighted by Gasteiger charge is 2.16. The van der Waals surface area contributed by atoms with Crippen LogP contribution in [0.15, 0.2) is 18.5 Å². The molecule has 1 atom stereocenters. The zero-order valence-corrected chi connectivity index (χ0v) is 14.0. The molecule has 1 amide bonds. The van der Waals surface area contributed by atoms with Crippen molar-refractivity contribution in [3.63, 3.8) is 0 Å². The number of amides is 1. The molecular formula is C17H31N3O. The molecule has 4 heteroatoms. The number of carbonyl (C=O) groups is 1. The molecule has 0 aliphatic carbocycles. The Morgan fingerprint density at radius 1 is 1.24 bits per heavy atom. The van der Waals surface area contributed by atoms with Crippen LogP contribution in [0, 0.1) is 5.92 Å². The van der Waals surface area contributed by atoms with Gasteiger partial charge in [0.25, 0.3) is 0 Å². The van der Waals surface area contributed by atoms with E-state index in [1.807, 2.05) is 10.8 Å². The lowest BCUT2D eigenvalue weighted by Gasteiger charge is -2.21. The van der Waals surface area contributed by atoms with Crippen molar-refractivity contribution in [3.05, 3.63) is 24.0 Å². The minimum Gasteiger partial charge on any atom is -0.355 e. The third-order valence-corrected chi connectivity index (χ3v) is 3.59. The van der Waals surface area contributed by atoms with Crippen molar-refractivity contribution >= 4 is 5.91 Å². The molecule has 0 aromatic carbocycles. The van der Waals surface area contributed by atoms with Gasteiger partial charge in [0.2, 0.25) is 5.91 Å². The summed E-state index contributed by atoms with van der Waals surface area (Å²) in [5.41, 5.74) is 1.26. The molecule has 0 bridgehead atoms.